The second kappa shape index (κ2) is 6.36. The minimum absolute atomic E-state index is 0.0217. The third-order valence-corrected chi connectivity index (χ3v) is 3.16. The van der Waals surface area contributed by atoms with E-state index in [4.69, 9.17) is 16.3 Å². The van der Waals surface area contributed by atoms with E-state index < -0.39 is 5.97 Å². The van der Waals surface area contributed by atoms with Crippen LogP contribution in [-0.4, -0.2) is 33.8 Å². The number of aryl methyl sites for hydroxylation is 1. The summed E-state index contributed by atoms with van der Waals surface area (Å²) in [6.07, 6.45) is 2.75. The van der Waals surface area contributed by atoms with Gasteiger partial charge in [0, 0.05) is 5.02 Å². The Labute approximate surface area is 125 Å². The van der Waals surface area contributed by atoms with Gasteiger partial charge in [-0.15, -0.1) is 0 Å². The van der Waals surface area contributed by atoms with E-state index in [9.17, 15) is 9.59 Å². The average Bonchev–Trinajstić information content (AvgIpc) is 2.94. The van der Waals surface area contributed by atoms with Crippen LogP contribution < -0.4 is 5.32 Å². The molecule has 0 aliphatic carbocycles. The molecule has 1 N–H and O–H groups in total. The van der Waals surface area contributed by atoms with Crippen molar-refractivity contribution in [3.8, 4) is 0 Å². The van der Waals surface area contributed by atoms with Gasteiger partial charge in [0.05, 0.1) is 18.4 Å². The van der Waals surface area contributed by atoms with Gasteiger partial charge >= 0.3 is 5.97 Å². The van der Waals surface area contributed by atoms with E-state index in [0.717, 1.165) is 0 Å². The Balaban J connectivity index is 2.23. The Kier molecular flexibility index (Phi) is 4.54. The van der Waals surface area contributed by atoms with Gasteiger partial charge in [-0.05, 0) is 24.6 Å². The third kappa shape index (κ3) is 3.57. The molecule has 21 heavy (non-hydrogen) atoms. The van der Waals surface area contributed by atoms with Crippen molar-refractivity contribution < 1.29 is 14.3 Å². The van der Waals surface area contributed by atoms with Gasteiger partial charge in [0.15, 0.2) is 0 Å². The highest BCUT2D eigenvalue weighted by Crippen LogP contribution is 2.25. The van der Waals surface area contributed by atoms with E-state index in [-0.39, 0.29) is 18.0 Å². The largest absolute Gasteiger partial charge is 0.465 e. The molecule has 1 heterocycles. The van der Waals surface area contributed by atoms with Crippen LogP contribution >= 0.6 is 11.6 Å². The summed E-state index contributed by atoms with van der Waals surface area (Å²) in [6, 6.07) is 3.08. The van der Waals surface area contributed by atoms with Crippen LogP contribution in [-0.2, 0) is 16.1 Å². The smallest absolute Gasteiger partial charge is 0.339 e. The summed E-state index contributed by atoms with van der Waals surface area (Å²) in [5.41, 5.74) is 1.25. The minimum atomic E-state index is -0.550. The summed E-state index contributed by atoms with van der Waals surface area (Å²) < 4.78 is 6.06. The molecule has 2 rings (SSSR count). The Morgan fingerprint density at radius 3 is 2.81 bits per heavy atom. The van der Waals surface area contributed by atoms with Crippen molar-refractivity contribution in [1.82, 2.24) is 14.8 Å². The fourth-order valence-corrected chi connectivity index (χ4v) is 1.88. The number of nitrogens with one attached hydrogen (secondary N) is 1. The number of esters is 1. The molecular weight excluding hydrogens is 296 g/mol. The molecule has 0 fully saturated rings. The summed E-state index contributed by atoms with van der Waals surface area (Å²) in [5, 5.41) is 6.89. The highest BCUT2D eigenvalue weighted by atomic mass is 35.5. The average molecular weight is 309 g/mol. The van der Waals surface area contributed by atoms with Crippen LogP contribution in [0.3, 0.4) is 0 Å². The van der Waals surface area contributed by atoms with Gasteiger partial charge < -0.3 is 10.1 Å². The second-order valence-electron chi connectivity index (χ2n) is 4.28. The van der Waals surface area contributed by atoms with Crippen LogP contribution in [0.15, 0.2) is 24.8 Å². The summed E-state index contributed by atoms with van der Waals surface area (Å²) in [6.45, 7) is 1.74. The van der Waals surface area contributed by atoms with Gasteiger partial charge in [-0.2, -0.15) is 5.10 Å². The van der Waals surface area contributed by atoms with Crippen molar-refractivity contribution in [3.05, 3.63) is 40.9 Å². The molecule has 8 heteroatoms. The van der Waals surface area contributed by atoms with Crippen molar-refractivity contribution in [3.63, 3.8) is 0 Å². The molecule has 0 saturated carbocycles. The van der Waals surface area contributed by atoms with E-state index in [1.807, 2.05) is 0 Å². The summed E-state index contributed by atoms with van der Waals surface area (Å²) in [7, 11) is 1.27. The topological polar surface area (TPSA) is 86.1 Å². The van der Waals surface area contributed by atoms with Crippen LogP contribution in [0.5, 0.6) is 0 Å². The molecule has 1 aromatic heterocycles. The Bertz CT molecular complexity index is 670. The maximum atomic E-state index is 11.9. The van der Waals surface area contributed by atoms with Gasteiger partial charge in [0.2, 0.25) is 5.91 Å². The van der Waals surface area contributed by atoms with Crippen LogP contribution in [0.2, 0.25) is 5.02 Å². The maximum absolute atomic E-state index is 11.9. The molecule has 2 aromatic rings. The number of hydrogen-bond acceptors (Lipinski definition) is 5. The Morgan fingerprint density at radius 2 is 2.19 bits per heavy atom. The van der Waals surface area contributed by atoms with Crippen LogP contribution in [0.1, 0.15) is 15.9 Å². The maximum Gasteiger partial charge on any atom is 0.339 e. The Hall–Kier alpha value is -2.41. The number of anilines is 1. The molecule has 0 aliphatic heterocycles. The molecule has 1 aromatic carbocycles. The number of nitrogens with zero attached hydrogens (tertiary/aromatic N) is 3. The monoisotopic (exact) mass is 308 g/mol. The fraction of sp³-hybridized carbons (Fsp3) is 0.231. The van der Waals surface area contributed by atoms with Crippen molar-refractivity contribution >= 4 is 29.2 Å². The zero-order valence-corrected chi connectivity index (χ0v) is 12.2. The lowest BCUT2D eigenvalue weighted by atomic mass is 10.1. The number of hydrogen-bond donors (Lipinski definition) is 1. The molecule has 0 radical (unpaired) electrons. The molecular formula is C13H13ClN4O3. The summed E-state index contributed by atoms with van der Waals surface area (Å²) in [5.74, 6) is -0.906. The molecule has 0 aliphatic rings. The lowest BCUT2D eigenvalue weighted by Gasteiger charge is -2.12. The first-order chi connectivity index (χ1) is 10.0. The fourth-order valence-electron chi connectivity index (χ4n) is 1.72. The zero-order valence-electron chi connectivity index (χ0n) is 11.5. The Morgan fingerprint density at radius 1 is 1.43 bits per heavy atom. The number of benzene rings is 1. The third-order valence-electron chi connectivity index (χ3n) is 2.75. The number of methoxy groups -OCH3 is 1. The summed E-state index contributed by atoms with van der Waals surface area (Å²) in [4.78, 5) is 27.4. The molecule has 0 unspecified atom stereocenters. The van der Waals surface area contributed by atoms with E-state index >= 15 is 0 Å². The lowest BCUT2D eigenvalue weighted by Crippen LogP contribution is -2.21. The highest BCUT2D eigenvalue weighted by molar-refractivity contribution is 6.32. The lowest BCUT2D eigenvalue weighted by molar-refractivity contribution is -0.116. The van der Waals surface area contributed by atoms with Crippen LogP contribution in [0.25, 0.3) is 0 Å². The van der Waals surface area contributed by atoms with Crippen molar-refractivity contribution in [1.29, 1.82) is 0 Å². The van der Waals surface area contributed by atoms with Gasteiger partial charge in [0.1, 0.15) is 19.2 Å². The molecule has 110 valence electrons. The molecule has 0 atom stereocenters. The standard InChI is InChI=1S/C13H13ClN4O3/c1-8-3-9(13(20)21-2)11(4-10(8)14)17-12(19)5-18-7-15-6-16-18/h3-4,6-7H,5H2,1-2H3,(H,17,19). The van der Waals surface area contributed by atoms with E-state index in [0.29, 0.717) is 16.3 Å². The first kappa shape index (κ1) is 15.0. The number of carbonyl (C=O) groups is 2. The van der Waals surface area contributed by atoms with Crippen molar-refractivity contribution in [2.24, 2.45) is 0 Å². The number of ether oxygens (including phenoxy) is 1. The van der Waals surface area contributed by atoms with Gasteiger partial charge in [-0.25, -0.2) is 14.5 Å². The predicted octanol–water partition coefficient (Wildman–Crippen LogP) is 1.67. The van der Waals surface area contributed by atoms with E-state index in [2.05, 4.69) is 15.4 Å². The van der Waals surface area contributed by atoms with Crippen molar-refractivity contribution in [2.75, 3.05) is 12.4 Å². The number of rotatable bonds is 4. The molecule has 0 saturated heterocycles. The van der Waals surface area contributed by atoms with Crippen molar-refractivity contribution in [2.45, 2.75) is 13.5 Å². The molecule has 1 amide bonds. The minimum Gasteiger partial charge on any atom is -0.465 e. The first-order valence-corrected chi connectivity index (χ1v) is 6.39. The first-order valence-electron chi connectivity index (χ1n) is 6.02. The van der Waals surface area contributed by atoms with Crippen LogP contribution in [0, 0.1) is 6.92 Å². The summed E-state index contributed by atoms with van der Waals surface area (Å²) >= 11 is 6.03. The SMILES string of the molecule is COC(=O)c1cc(C)c(Cl)cc1NC(=O)Cn1cncn1. The highest BCUT2D eigenvalue weighted by Gasteiger charge is 2.16. The van der Waals surface area contributed by atoms with Gasteiger partial charge in [0.25, 0.3) is 0 Å². The normalized spacial score (nSPS) is 10.2. The molecule has 0 spiro atoms. The molecule has 0 bridgehead atoms. The van der Waals surface area contributed by atoms with Gasteiger partial charge in [-0.3, -0.25) is 4.79 Å². The number of aromatic nitrogens is 3. The predicted molar refractivity (Wildman–Crippen MR) is 76.2 cm³/mol. The van der Waals surface area contributed by atoms with Gasteiger partial charge in [-0.1, -0.05) is 11.6 Å². The number of amides is 1. The number of carbonyl (C=O) groups excluding carboxylic acids is 2. The second-order valence-corrected chi connectivity index (χ2v) is 4.69. The van der Waals surface area contributed by atoms with E-state index in [1.165, 1.54) is 30.5 Å². The van der Waals surface area contributed by atoms with Crippen LogP contribution in [0.4, 0.5) is 5.69 Å². The zero-order chi connectivity index (χ0) is 15.4. The quantitative estimate of drug-likeness (QED) is 0.868. The molecule has 7 nitrogen and oxygen atoms in total. The number of halogens is 1. The van der Waals surface area contributed by atoms with E-state index in [1.54, 1.807) is 13.0 Å².